The van der Waals surface area contributed by atoms with Gasteiger partial charge in [-0.2, -0.15) is 0 Å². The average molecular weight is 394 g/mol. The molecular formula is C21H39N5O2. The number of nitrogens with one attached hydrogen (secondary N) is 2. The second kappa shape index (κ2) is 10.1. The van der Waals surface area contributed by atoms with Crippen LogP contribution >= 0.6 is 0 Å². The van der Waals surface area contributed by atoms with Gasteiger partial charge in [0.25, 0.3) is 0 Å². The van der Waals surface area contributed by atoms with Crippen molar-refractivity contribution in [1.29, 1.82) is 0 Å². The van der Waals surface area contributed by atoms with Crippen LogP contribution < -0.4 is 10.6 Å². The Morgan fingerprint density at radius 2 is 1.96 bits per heavy atom. The number of nitrogens with zero attached hydrogens (tertiary/aromatic N) is 3. The number of likely N-dealkylation sites (tertiary alicyclic amines) is 1. The van der Waals surface area contributed by atoms with E-state index in [-0.39, 0.29) is 18.1 Å². The van der Waals surface area contributed by atoms with Gasteiger partial charge in [-0.15, -0.1) is 0 Å². The smallest absolute Gasteiger partial charge is 0.407 e. The predicted octanol–water partition coefficient (Wildman–Crippen LogP) is 2.45. The molecule has 2 aliphatic rings. The Labute approximate surface area is 170 Å². The van der Waals surface area contributed by atoms with Crippen LogP contribution in [0.2, 0.25) is 0 Å². The number of carbonyl (C=O) groups excluding carboxylic acids is 1. The lowest BCUT2D eigenvalue weighted by atomic mass is 10.1. The lowest BCUT2D eigenvalue weighted by Crippen LogP contribution is -2.46. The van der Waals surface area contributed by atoms with Gasteiger partial charge in [-0.1, -0.05) is 26.0 Å². The van der Waals surface area contributed by atoms with Crippen molar-refractivity contribution in [2.75, 3.05) is 39.3 Å². The summed E-state index contributed by atoms with van der Waals surface area (Å²) in [6.45, 7) is 17.4. The third-order valence-corrected chi connectivity index (χ3v) is 5.11. The lowest BCUT2D eigenvalue weighted by Gasteiger charge is -2.27. The van der Waals surface area contributed by atoms with Crippen LogP contribution in [0.25, 0.3) is 0 Å². The van der Waals surface area contributed by atoms with E-state index in [4.69, 9.17) is 9.73 Å². The number of hydrogen-bond donors (Lipinski definition) is 2. The third kappa shape index (κ3) is 7.00. The van der Waals surface area contributed by atoms with E-state index in [9.17, 15) is 4.79 Å². The lowest BCUT2D eigenvalue weighted by molar-refractivity contribution is 0.0493. The molecule has 1 saturated heterocycles. The van der Waals surface area contributed by atoms with E-state index in [1.165, 1.54) is 0 Å². The molecule has 0 spiro atoms. The van der Waals surface area contributed by atoms with Gasteiger partial charge in [0.1, 0.15) is 5.60 Å². The first kappa shape index (κ1) is 22.5. The van der Waals surface area contributed by atoms with Crippen LogP contribution in [0.4, 0.5) is 4.79 Å². The maximum absolute atomic E-state index is 12.2. The summed E-state index contributed by atoms with van der Waals surface area (Å²) in [6, 6.07) is 0.518. The number of carbonyl (C=O) groups is 1. The topological polar surface area (TPSA) is 69.2 Å². The Kier molecular flexibility index (Phi) is 8.16. The fraction of sp³-hybridized carbons (Fsp3) is 0.810. The zero-order valence-electron chi connectivity index (χ0n) is 18.5. The van der Waals surface area contributed by atoms with E-state index in [0.29, 0.717) is 12.6 Å². The zero-order chi connectivity index (χ0) is 20.7. The van der Waals surface area contributed by atoms with Gasteiger partial charge in [-0.05, 0) is 40.0 Å². The Morgan fingerprint density at radius 3 is 2.54 bits per heavy atom. The molecule has 2 aliphatic heterocycles. The first-order valence-corrected chi connectivity index (χ1v) is 10.6. The minimum Gasteiger partial charge on any atom is -0.444 e. The molecule has 0 radical (unpaired) electrons. The standard InChI is InChI=1S/C21H39N5O2/c1-7-22-19(26-13-10-17(15-26)25-11-8-9-12-25)23-14-18(16(2)3)24-20(27)28-21(4,5)6/h8-9,16-18H,7,10-15H2,1-6H3,(H,22,23)(H,24,27). The Morgan fingerprint density at radius 1 is 1.29 bits per heavy atom. The molecule has 7 nitrogen and oxygen atoms in total. The summed E-state index contributed by atoms with van der Waals surface area (Å²) in [7, 11) is 0. The van der Waals surface area contributed by atoms with E-state index < -0.39 is 5.60 Å². The number of alkyl carbamates (subject to hydrolysis) is 1. The van der Waals surface area contributed by atoms with Crippen molar-refractivity contribution in [3.8, 4) is 0 Å². The molecule has 28 heavy (non-hydrogen) atoms. The molecule has 1 amide bonds. The molecular weight excluding hydrogens is 354 g/mol. The number of guanidine groups is 1. The van der Waals surface area contributed by atoms with Crippen LogP contribution in [-0.4, -0.2) is 78.8 Å². The third-order valence-electron chi connectivity index (χ3n) is 5.11. The molecule has 160 valence electrons. The summed E-state index contributed by atoms with van der Waals surface area (Å²) >= 11 is 0. The first-order chi connectivity index (χ1) is 13.2. The molecule has 2 heterocycles. The fourth-order valence-corrected chi connectivity index (χ4v) is 3.52. The van der Waals surface area contributed by atoms with Gasteiger partial charge < -0.3 is 20.3 Å². The molecule has 0 bridgehead atoms. The van der Waals surface area contributed by atoms with Crippen LogP contribution in [0.1, 0.15) is 48.0 Å². The SMILES string of the molecule is CCNC(=NCC(NC(=O)OC(C)(C)C)C(C)C)N1CCC(N2CC=CC2)C1. The Balaban J connectivity index is 1.96. The Hall–Kier alpha value is -1.76. The highest BCUT2D eigenvalue weighted by Gasteiger charge is 2.30. The van der Waals surface area contributed by atoms with E-state index >= 15 is 0 Å². The summed E-state index contributed by atoms with van der Waals surface area (Å²) in [5.74, 6) is 1.20. The number of hydrogen-bond acceptors (Lipinski definition) is 4. The number of rotatable bonds is 6. The number of amides is 1. The quantitative estimate of drug-likeness (QED) is 0.412. The van der Waals surface area contributed by atoms with Gasteiger partial charge in [-0.3, -0.25) is 9.89 Å². The van der Waals surface area contributed by atoms with Crippen molar-refractivity contribution >= 4 is 12.1 Å². The number of ether oxygens (including phenoxy) is 1. The maximum atomic E-state index is 12.2. The maximum Gasteiger partial charge on any atom is 0.407 e. The van der Waals surface area contributed by atoms with Crippen molar-refractivity contribution in [2.45, 2.75) is 65.6 Å². The van der Waals surface area contributed by atoms with Crippen molar-refractivity contribution in [3.63, 3.8) is 0 Å². The van der Waals surface area contributed by atoms with E-state index in [2.05, 4.69) is 53.4 Å². The molecule has 2 N–H and O–H groups in total. The Bertz CT molecular complexity index is 560. The summed E-state index contributed by atoms with van der Waals surface area (Å²) in [5, 5.41) is 6.40. The van der Waals surface area contributed by atoms with Crippen molar-refractivity contribution in [1.82, 2.24) is 20.4 Å². The van der Waals surface area contributed by atoms with Crippen LogP contribution in [0.5, 0.6) is 0 Å². The summed E-state index contributed by atoms with van der Waals surface area (Å²) in [5.41, 5.74) is -0.501. The predicted molar refractivity (Wildman–Crippen MR) is 115 cm³/mol. The van der Waals surface area contributed by atoms with E-state index in [0.717, 1.165) is 45.1 Å². The molecule has 2 rings (SSSR count). The summed E-state index contributed by atoms with van der Waals surface area (Å²) in [6.07, 6.45) is 5.28. The van der Waals surface area contributed by atoms with Crippen molar-refractivity contribution < 1.29 is 9.53 Å². The fourth-order valence-electron chi connectivity index (χ4n) is 3.52. The molecule has 0 aliphatic carbocycles. The van der Waals surface area contributed by atoms with Crippen molar-refractivity contribution in [3.05, 3.63) is 12.2 Å². The molecule has 0 aromatic heterocycles. The minimum absolute atomic E-state index is 0.0651. The average Bonchev–Trinajstić information content (AvgIpc) is 3.26. The normalized spacial score (nSPS) is 22.0. The van der Waals surface area contributed by atoms with Gasteiger partial charge in [0.05, 0.1) is 12.6 Å². The van der Waals surface area contributed by atoms with Crippen LogP contribution in [-0.2, 0) is 4.74 Å². The summed E-state index contributed by atoms with van der Waals surface area (Å²) in [4.78, 5) is 21.9. The molecule has 0 saturated carbocycles. The largest absolute Gasteiger partial charge is 0.444 e. The van der Waals surface area contributed by atoms with Crippen molar-refractivity contribution in [2.24, 2.45) is 10.9 Å². The highest BCUT2D eigenvalue weighted by atomic mass is 16.6. The van der Waals surface area contributed by atoms with E-state index in [1.54, 1.807) is 0 Å². The second-order valence-electron chi connectivity index (χ2n) is 9.01. The zero-order valence-corrected chi connectivity index (χ0v) is 18.5. The molecule has 1 fully saturated rings. The molecule has 0 aromatic carbocycles. The van der Waals surface area contributed by atoms with Gasteiger partial charge in [0.2, 0.25) is 0 Å². The molecule has 0 aromatic rings. The highest BCUT2D eigenvalue weighted by molar-refractivity contribution is 5.80. The second-order valence-corrected chi connectivity index (χ2v) is 9.01. The van der Waals surface area contributed by atoms with Gasteiger partial charge in [0, 0.05) is 38.8 Å². The molecule has 2 unspecified atom stereocenters. The van der Waals surface area contributed by atoms with Crippen LogP contribution in [0.15, 0.2) is 17.1 Å². The highest BCUT2D eigenvalue weighted by Crippen LogP contribution is 2.18. The van der Waals surface area contributed by atoms with Gasteiger partial charge >= 0.3 is 6.09 Å². The van der Waals surface area contributed by atoms with Crippen LogP contribution in [0.3, 0.4) is 0 Å². The van der Waals surface area contributed by atoms with Gasteiger partial charge in [0.15, 0.2) is 5.96 Å². The molecule has 7 heteroatoms. The monoisotopic (exact) mass is 393 g/mol. The molecule has 2 atom stereocenters. The summed E-state index contributed by atoms with van der Waals surface area (Å²) < 4.78 is 5.41. The first-order valence-electron chi connectivity index (χ1n) is 10.6. The van der Waals surface area contributed by atoms with Crippen LogP contribution in [0, 0.1) is 5.92 Å². The van der Waals surface area contributed by atoms with Gasteiger partial charge in [-0.25, -0.2) is 4.79 Å². The van der Waals surface area contributed by atoms with E-state index in [1.807, 2.05) is 20.8 Å². The number of aliphatic imine (C=N–C) groups is 1. The minimum atomic E-state index is -0.501.